The van der Waals surface area contributed by atoms with Gasteiger partial charge >= 0.3 is 5.97 Å². The average Bonchev–Trinajstić information content (AvgIpc) is 3.39. The fourth-order valence-corrected chi connectivity index (χ4v) is 8.09. The molecule has 0 unspecified atom stereocenters. The Kier molecular flexibility index (Phi) is 14.7. The first-order chi connectivity index (χ1) is 34.9. The highest BCUT2D eigenvalue weighted by Crippen LogP contribution is 2.31. The van der Waals surface area contributed by atoms with E-state index in [0.29, 0.717) is 23.7 Å². The monoisotopic (exact) mass is 1060 g/mol. The third kappa shape index (κ3) is 8.70. The maximum atomic E-state index is 15.4. The Balaban J connectivity index is 0.000000237. The van der Waals surface area contributed by atoms with E-state index in [0.717, 1.165) is 16.3 Å². The number of hydrogen-bond acceptors (Lipinski definition) is 3. The lowest BCUT2D eigenvalue weighted by atomic mass is 9.12. The van der Waals surface area contributed by atoms with Crippen molar-refractivity contribution in [3.63, 3.8) is 0 Å². The Labute approximate surface area is 398 Å². The Morgan fingerprint density at radius 1 is 0.459 bits per heavy atom. The second kappa shape index (κ2) is 20.5. The van der Waals surface area contributed by atoms with Crippen LogP contribution in [0.4, 0.5) is 93.5 Å². The molecule has 0 aliphatic carbocycles. The zero-order valence-electron chi connectivity index (χ0n) is 35.6. The molecule has 0 bridgehead atoms. The molecule has 8 aromatic rings. The largest absolute Gasteiger partial charge is 0.419 e. The van der Waals surface area contributed by atoms with Crippen molar-refractivity contribution in [1.82, 2.24) is 0 Å². The molecule has 0 spiro atoms. The predicted octanol–water partition coefficient (Wildman–Crippen LogP) is 11.2. The Hall–Kier alpha value is -8.61. The number of benzene rings is 7. The summed E-state index contributed by atoms with van der Waals surface area (Å²) in [4.78, 5) is 15.9. The van der Waals surface area contributed by atoms with E-state index >= 15 is 35.1 Å². The Morgan fingerprint density at radius 2 is 0.824 bits per heavy atom. The Morgan fingerprint density at radius 3 is 1.22 bits per heavy atom. The molecule has 8 rings (SSSR count). The van der Waals surface area contributed by atoms with Crippen molar-refractivity contribution in [1.29, 1.82) is 0 Å². The fourth-order valence-electron chi connectivity index (χ4n) is 8.09. The van der Waals surface area contributed by atoms with Crippen molar-refractivity contribution >= 4 is 50.4 Å². The summed E-state index contributed by atoms with van der Waals surface area (Å²) in [6.45, 7) is 0.537. The summed E-state index contributed by atoms with van der Waals surface area (Å²) >= 11 is 0. The van der Waals surface area contributed by atoms with Crippen LogP contribution >= 0.6 is 0 Å². The first-order valence-corrected chi connectivity index (χ1v) is 20.0. The molecule has 0 N–H and O–H groups in total. The van der Waals surface area contributed by atoms with Gasteiger partial charge in [-0.1, -0.05) is 65.8 Å². The lowest BCUT2D eigenvalue weighted by Crippen LogP contribution is -2.81. The lowest BCUT2D eigenvalue weighted by Gasteiger charge is -2.44. The summed E-state index contributed by atoms with van der Waals surface area (Å²) in [6.07, 6.45) is -5.33. The van der Waals surface area contributed by atoms with E-state index in [-0.39, 0.29) is 0 Å². The van der Waals surface area contributed by atoms with Crippen LogP contribution in [0.1, 0.15) is 16.1 Å². The molecule has 0 atom stereocenters. The van der Waals surface area contributed by atoms with Crippen LogP contribution in [-0.4, -0.2) is 12.1 Å². The number of halogens is 20. The molecular formula is C47H17BF20N4O2. The number of azide groups is 1. The van der Waals surface area contributed by atoms with Gasteiger partial charge < -0.3 is 4.74 Å². The van der Waals surface area contributed by atoms with E-state index in [1.54, 1.807) is 18.2 Å². The molecule has 0 aliphatic heterocycles. The summed E-state index contributed by atoms with van der Waals surface area (Å²) in [5.74, 6) is -71.6. The molecule has 0 radical (unpaired) electrons. The zero-order valence-corrected chi connectivity index (χ0v) is 35.6. The molecule has 0 aliphatic rings. The lowest BCUT2D eigenvalue weighted by molar-refractivity contribution is -0.689. The van der Waals surface area contributed by atoms with Crippen molar-refractivity contribution in [3.8, 4) is 5.75 Å². The van der Waals surface area contributed by atoms with E-state index in [1.165, 1.54) is 6.07 Å². The molecular weight excluding hydrogens is 1040 g/mol. The molecule has 1 heterocycles. The van der Waals surface area contributed by atoms with E-state index in [1.807, 2.05) is 71.4 Å². The molecule has 0 fully saturated rings. The summed E-state index contributed by atoms with van der Waals surface area (Å²) in [5, 5.41) is 5.31. The standard InChI is InChI=1S/C24BF20.C23H17N4O2/c26-5-1(6(27)14(35)21(42)13(5)34)25(2-7(28)15(36)22(43)16(37)8(2)29,3-9(30)17(38)23(44)18(39)10(3)31)4-11(32)19(40)24(45)20(41)12(4)33;24-26-25-19-10-6-11-20(15-19)29-23(28)22-21-12-5-4-9-18(21)13-14-27(22)16-17-7-2-1-3-8-17/h;1-15H,16H2/q-1;+1. The van der Waals surface area contributed by atoms with Gasteiger partial charge in [-0.15, -0.1) is 21.9 Å². The normalized spacial score (nSPS) is 11.4. The number of hydrogen-bond donors (Lipinski definition) is 0. The van der Waals surface area contributed by atoms with Gasteiger partial charge in [0.25, 0.3) is 5.69 Å². The van der Waals surface area contributed by atoms with Gasteiger partial charge in [-0.25, -0.2) is 92.6 Å². The van der Waals surface area contributed by atoms with Gasteiger partial charge in [0.15, 0.2) is 82.5 Å². The second-order valence-corrected chi connectivity index (χ2v) is 15.2. The summed E-state index contributed by atoms with van der Waals surface area (Å²) in [5.41, 5.74) is -3.80. The van der Waals surface area contributed by atoms with Crippen molar-refractivity contribution in [2.24, 2.45) is 5.11 Å². The van der Waals surface area contributed by atoms with Crippen LogP contribution in [0, 0.1) is 116 Å². The predicted molar refractivity (Wildman–Crippen MR) is 219 cm³/mol. The van der Waals surface area contributed by atoms with Gasteiger partial charge in [0.05, 0.1) is 5.39 Å². The average molecular weight is 1060 g/mol. The number of rotatable bonds is 9. The summed E-state index contributed by atoms with van der Waals surface area (Å²) < 4.78 is 301. The molecule has 0 saturated carbocycles. The summed E-state index contributed by atoms with van der Waals surface area (Å²) in [7, 11) is 0. The number of aromatic nitrogens is 1. The minimum absolute atomic E-state index is 0.319. The minimum Gasteiger partial charge on any atom is -0.419 e. The maximum Gasteiger partial charge on any atom is 0.409 e. The van der Waals surface area contributed by atoms with Crippen LogP contribution < -0.4 is 31.2 Å². The highest BCUT2D eigenvalue weighted by atomic mass is 19.2. The number of ether oxygens (including phenoxy) is 1. The molecule has 0 amide bonds. The molecule has 7 aromatic carbocycles. The second-order valence-electron chi connectivity index (χ2n) is 15.2. The van der Waals surface area contributed by atoms with Crippen molar-refractivity contribution in [2.45, 2.75) is 6.54 Å². The first-order valence-electron chi connectivity index (χ1n) is 20.0. The van der Waals surface area contributed by atoms with Gasteiger partial charge in [0.1, 0.15) is 58.4 Å². The van der Waals surface area contributed by atoms with Crippen molar-refractivity contribution < 1.29 is 102 Å². The van der Waals surface area contributed by atoms with E-state index < -0.39 is 150 Å². The highest BCUT2D eigenvalue weighted by Gasteiger charge is 2.52. The van der Waals surface area contributed by atoms with Crippen LogP contribution in [0.5, 0.6) is 5.75 Å². The van der Waals surface area contributed by atoms with Crippen molar-refractivity contribution in [2.75, 3.05) is 0 Å². The highest BCUT2D eigenvalue weighted by molar-refractivity contribution is 7.20. The van der Waals surface area contributed by atoms with Crippen LogP contribution in [0.15, 0.2) is 96.2 Å². The minimum atomic E-state index is -7.22. The van der Waals surface area contributed by atoms with Gasteiger partial charge in [-0.3, -0.25) is 0 Å². The number of pyridine rings is 1. The zero-order chi connectivity index (χ0) is 54.4. The third-order valence-corrected chi connectivity index (χ3v) is 11.2. The van der Waals surface area contributed by atoms with Gasteiger partial charge in [-0.05, 0) is 29.1 Å². The van der Waals surface area contributed by atoms with Crippen LogP contribution in [0.25, 0.3) is 21.2 Å². The first kappa shape index (κ1) is 53.2. The van der Waals surface area contributed by atoms with Gasteiger partial charge in [0, 0.05) is 22.2 Å². The molecule has 1 aromatic heterocycles. The van der Waals surface area contributed by atoms with Crippen LogP contribution in [0.2, 0.25) is 0 Å². The van der Waals surface area contributed by atoms with Crippen LogP contribution in [0.3, 0.4) is 0 Å². The Bertz CT molecular complexity index is 3290. The van der Waals surface area contributed by atoms with E-state index in [2.05, 4.69) is 10.0 Å². The molecule has 0 saturated heterocycles. The molecule has 74 heavy (non-hydrogen) atoms. The van der Waals surface area contributed by atoms with Crippen molar-refractivity contribution in [3.05, 3.63) is 229 Å². The quantitative estimate of drug-likeness (QED) is 0.0138. The van der Waals surface area contributed by atoms with E-state index in [9.17, 15) is 57.5 Å². The molecule has 27 heteroatoms. The number of fused-ring (bicyclic) bond motifs is 1. The number of nitrogens with zero attached hydrogens (tertiary/aromatic N) is 4. The van der Waals surface area contributed by atoms with Gasteiger partial charge in [0.2, 0.25) is 0 Å². The summed E-state index contributed by atoms with van der Waals surface area (Å²) in [6, 6.07) is 26.1. The SMILES string of the molecule is Fc1c(F)c(F)c([B-](c2c(F)c(F)c(F)c(F)c2F)(c2c(F)c(F)c(F)c(F)c2F)c2c(F)c(F)c(F)c(F)c2F)c(F)c1F.[N-]=[N+]=Nc1cccc(OC(=O)c2c3ccccc3cc[n+]2Cc2ccccc2)c1. The van der Waals surface area contributed by atoms with Gasteiger partial charge in [-0.2, -0.15) is 4.57 Å². The maximum absolute atomic E-state index is 15.4. The number of carbonyl (C=O) groups is 1. The topological polar surface area (TPSA) is 78.9 Å². The molecule has 380 valence electrons. The molecule has 6 nitrogen and oxygen atoms in total. The third-order valence-electron chi connectivity index (χ3n) is 11.2. The smallest absolute Gasteiger partial charge is 0.409 e. The fraction of sp³-hybridized carbons (Fsp3) is 0.0213. The van der Waals surface area contributed by atoms with E-state index in [4.69, 9.17) is 10.3 Å². The van der Waals surface area contributed by atoms with Crippen LogP contribution in [-0.2, 0) is 6.54 Å². The number of esters is 1. The number of carbonyl (C=O) groups excluding carboxylic acids is 1.